The summed E-state index contributed by atoms with van der Waals surface area (Å²) in [6, 6.07) is 12.8. The van der Waals surface area contributed by atoms with Crippen LogP contribution in [-0.2, 0) is 4.79 Å². The van der Waals surface area contributed by atoms with E-state index in [1.165, 1.54) is 0 Å². The van der Waals surface area contributed by atoms with Gasteiger partial charge in [0.1, 0.15) is 6.07 Å². The molecule has 35 heavy (non-hydrogen) atoms. The molecule has 0 radical (unpaired) electrons. The molecule has 1 saturated heterocycles. The average Bonchev–Trinajstić information content (AvgIpc) is 3.53. The fraction of sp³-hybridized carbons (Fsp3) is 0.333. The number of carbonyl (C=O) groups is 1. The lowest BCUT2D eigenvalue weighted by atomic mass is 9.91. The van der Waals surface area contributed by atoms with E-state index in [0.717, 1.165) is 59.6 Å². The summed E-state index contributed by atoms with van der Waals surface area (Å²) in [5.41, 5.74) is 6.35. The zero-order chi connectivity index (χ0) is 24.6. The second kappa shape index (κ2) is 8.91. The molecule has 0 unspecified atom stereocenters. The van der Waals surface area contributed by atoms with Crippen molar-refractivity contribution >= 4 is 17.1 Å². The molecule has 0 saturated carbocycles. The third-order valence-corrected chi connectivity index (χ3v) is 6.42. The van der Waals surface area contributed by atoms with E-state index in [-0.39, 0.29) is 11.3 Å². The highest BCUT2D eigenvalue weighted by atomic mass is 16.2. The van der Waals surface area contributed by atoms with Gasteiger partial charge in [0, 0.05) is 67.4 Å². The first kappa shape index (κ1) is 22.7. The van der Waals surface area contributed by atoms with Crippen molar-refractivity contribution in [3.05, 3.63) is 60.7 Å². The first-order valence-corrected chi connectivity index (χ1v) is 11.9. The number of benzene rings is 1. The van der Waals surface area contributed by atoms with Crippen LogP contribution in [0.2, 0.25) is 0 Å². The van der Waals surface area contributed by atoms with Gasteiger partial charge in [-0.15, -0.1) is 0 Å². The summed E-state index contributed by atoms with van der Waals surface area (Å²) in [5.74, 6) is 0.239. The molecule has 4 heterocycles. The van der Waals surface area contributed by atoms with Crippen molar-refractivity contribution in [3.63, 3.8) is 0 Å². The van der Waals surface area contributed by atoms with Crippen LogP contribution in [0.1, 0.15) is 32.8 Å². The first-order chi connectivity index (χ1) is 16.8. The van der Waals surface area contributed by atoms with E-state index in [2.05, 4.69) is 77.4 Å². The molecule has 1 fully saturated rings. The van der Waals surface area contributed by atoms with E-state index in [4.69, 9.17) is 0 Å². The summed E-state index contributed by atoms with van der Waals surface area (Å²) in [5, 5.41) is 21.0. The van der Waals surface area contributed by atoms with E-state index in [1.54, 1.807) is 16.9 Å². The van der Waals surface area contributed by atoms with Crippen LogP contribution >= 0.6 is 0 Å². The van der Waals surface area contributed by atoms with Crippen LogP contribution in [0.25, 0.3) is 27.8 Å². The van der Waals surface area contributed by atoms with Crippen molar-refractivity contribution in [1.82, 2.24) is 24.7 Å². The van der Waals surface area contributed by atoms with Gasteiger partial charge in [-0.25, -0.2) is 4.52 Å². The predicted octanol–water partition coefficient (Wildman–Crippen LogP) is 4.35. The number of H-pyrrole nitrogens is 1. The molecule has 8 heteroatoms. The number of hydrogen-bond donors (Lipinski definition) is 1. The van der Waals surface area contributed by atoms with Crippen molar-refractivity contribution in [2.45, 2.75) is 27.2 Å². The van der Waals surface area contributed by atoms with Crippen LogP contribution in [-0.4, -0.2) is 56.8 Å². The minimum atomic E-state index is 0.00526. The van der Waals surface area contributed by atoms with Crippen LogP contribution in [0, 0.1) is 16.7 Å². The third kappa shape index (κ3) is 4.62. The maximum Gasteiger partial charge on any atom is 0.223 e. The maximum atomic E-state index is 12.6. The number of aromatic nitrogens is 4. The van der Waals surface area contributed by atoms with Gasteiger partial charge in [-0.2, -0.15) is 15.5 Å². The monoisotopic (exact) mass is 467 g/mol. The Labute approximate surface area is 204 Å². The Morgan fingerprint density at radius 1 is 1.06 bits per heavy atom. The molecule has 1 amide bonds. The van der Waals surface area contributed by atoms with Gasteiger partial charge in [-0.05, 0) is 29.2 Å². The summed E-state index contributed by atoms with van der Waals surface area (Å²) in [4.78, 5) is 16.9. The van der Waals surface area contributed by atoms with Gasteiger partial charge in [0.15, 0.2) is 0 Å². The van der Waals surface area contributed by atoms with E-state index < -0.39 is 0 Å². The normalized spacial score (nSPS) is 14.3. The van der Waals surface area contributed by atoms with Crippen molar-refractivity contribution in [3.8, 4) is 28.3 Å². The number of hydrogen-bond acceptors (Lipinski definition) is 5. The Balaban J connectivity index is 1.39. The lowest BCUT2D eigenvalue weighted by Crippen LogP contribution is -2.49. The second-order valence-corrected chi connectivity index (χ2v) is 10.2. The number of nitrogens with zero attached hydrogens (tertiary/aromatic N) is 6. The zero-order valence-corrected chi connectivity index (χ0v) is 20.3. The third-order valence-electron chi connectivity index (χ3n) is 6.42. The molecule has 178 valence electrons. The highest BCUT2D eigenvalue weighted by Crippen LogP contribution is 2.33. The fourth-order valence-electron chi connectivity index (χ4n) is 4.62. The quantitative estimate of drug-likeness (QED) is 0.482. The Morgan fingerprint density at radius 2 is 1.80 bits per heavy atom. The van der Waals surface area contributed by atoms with Gasteiger partial charge in [0.25, 0.3) is 0 Å². The standard InChI is InChI=1S/C27H29N7O/c1-27(2,3)13-25(35)33-10-8-32(9-11-33)23-6-4-19(5-7-23)24-12-20(22-15-29-30-16-22)18-34-26(24)21(14-28)17-31-34/h4-7,12,15-18H,8-11,13H2,1-3H3,(H,29,30). The Morgan fingerprint density at radius 3 is 2.43 bits per heavy atom. The molecule has 5 rings (SSSR count). The number of amides is 1. The summed E-state index contributed by atoms with van der Waals surface area (Å²) < 4.78 is 1.76. The van der Waals surface area contributed by atoms with Gasteiger partial charge < -0.3 is 9.80 Å². The van der Waals surface area contributed by atoms with Gasteiger partial charge in [-0.3, -0.25) is 9.89 Å². The first-order valence-electron chi connectivity index (χ1n) is 11.9. The second-order valence-electron chi connectivity index (χ2n) is 10.2. The van der Waals surface area contributed by atoms with Crippen LogP contribution in [0.15, 0.2) is 55.1 Å². The molecule has 1 aromatic carbocycles. The molecular weight excluding hydrogens is 438 g/mol. The minimum Gasteiger partial charge on any atom is -0.368 e. The van der Waals surface area contributed by atoms with Crippen molar-refractivity contribution in [2.75, 3.05) is 31.1 Å². The molecule has 1 aliphatic rings. The number of rotatable bonds is 4. The lowest BCUT2D eigenvalue weighted by molar-refractivity contribution is -0.133. The van der Waals surface area contributed by atoms with Crippen molar-refractivity contribution in [2.24, 2.45) is 5.41 Å². The van der Waals surface area contributed by atoms with Gasteiger partial charge in [-0.1, -0.05) is 32.9 Å². The summed E-state index contributed by atoms with van der Waals surface area (Å²) in [7, 11) is 0. The Bertz CT molecular complexity index is 1380. The number of carbonyl (C=O) groups excluding carboxylic acids is 1. The van der Waals surface area contributed by atoms with E-state index in [9.17, 15) is 10.1 Å². The number of fused-ring (bicyclic) bond motifs is 1. The molecule has 0 atom stereocenters. The van der Waals surface area contributed by atoms with Crippen molar-refractivity contribution < 1.29 is 4.79 Å². The highest BCUT2D eigenvalue weighted by molar-refractivity contribution is 5.88. The Kier molecular flexibility index (Phi) is 5.77. The van der Waals surface area contributed by atoms with Crippen LogP contribution in [0.5, 0.6) is 0 Å². The lowest BCUT2D eigenvalue weighted by Gasteiger charge is -2.37. The molecule has 3 aromatic heterocycles. The number of nitrogens with one attached hydrogen (secondary N) is 1. The topological polar surface area (TPSA) is 93.3 Å². The molecule has 0 bridgehead atoms. The van der Waals surface area contributed by atoms with E-state index in [0.29, 0.717) is 12.0 Å². The summed E-state index contributed by atoms with van der Waals surface area (Å²) >= 11 is 0. The van der Waals surface area contributed by atoms with E-state index in [1.807, 2.05) is 17.3 Å². The van der Waals surface area contributed by atoms with Crippen LogP contribution < -0.4 is 4.90 Å². The molecule has 0 spiro atoms. The predicted molar refractivity (Wildman–Crippen MR) is 136 cm³/mol. The molecule has 1 aliphatic heterocycles. The summed E-state index contributed by atoms with van der Waals surface area (Å²) in [6.45, 7) is 9.42. The highest BCUT2D eigenvalue weighted by Gasteiger charge is 2.25. The van der Waals surface area contributed by atoms with Gasteiger partial charge in [0.2, 0.25) is 5.91 Å². The van der Waals surface area contributed by atoms with Crippen LogP contribution in [0.3, 0.4) is 0 Å². The molecule has 4 aromatic rings. The maximum absolute atomic E-state index is 12.6. The number of anilines is 1. The smallest absolute Gasteiger partial charge is 0.223 e. The molecule has 1 N–H and O–H groups in total. The molecular formula is C27H29N7O. The minimum absolute atomic E-state index is 0.00526. The summed E-state index contributed by atoms with van der Waals surface area (Å²) in [6.07, 6.45) is 7.71. The molecule has 0 aliphatic carbocycles. The number of nitriles is 1. The largest absolute Gasteiger partial charge is 0.368 e. The van der Waals surface area contributed by atoms with Gasteiger partial charge >= 0.3 is 0 Å². The van der Waals surface area contributed by atoms with E-state index >= 15 is 0 Å². The number of pyridine rings is 1. The Hall–Kier alpha value is -4.12. The van der Waals surface area contributed by atoms with Gasteiger partial charge in [0.05, 0.1) is 23.5 Å². The number of piperazine rings is 1. The van der Waals surface area contributed by atoms with Crippen LogP contribution in [0.4, 0.5) is 5.69 Å². The number of aromatic amines is 1. The zero-order valence-electron chi connectivity index (χ0n) is 20.3. The molecule has 8 nitrogen and oxygen atoms in total. The average molecular weight is 468 g/mol. The van der Waals surface area contributed by atoms with Crippen molar-refractivity contribution in [1.29, 1.82) is 5.26 Å². The fourth-order valence-corrected chi connectivity index (χ4v) is 4.62. The SMILES string of the molecule is CC(C)(C)CC(=O)N1CCN(c2ccc(-c3cc(-c4cn[nH]c4)cn4ncc(C#N)c34)cc2)CC1.